The van der Waals surface area contributed by atoms with Gasteiger partial charge in [-0.15, -0.1) is 0 Å². The Hall–Kier alpha value is -1.28. The number of rotatable bonds is 12. The van der Waals surface area contributed by atoms with Crippen molar-refractivity contribution in [2.24, 2.45) is 11.7 Å². The highest BCUT2D eigenvalue weighted by molar-refractivity contribution is 5.72. The van der Waals surface area contributed by atoms with Crippen LogP contribution >= 0.6 is 0 Å². The van der Waals surface area contributed by atoms with Crippen LogP contribution in [0.4, 0.5) is 0 Å². The van der Waals surface area contributed by atoms with Crippen LogP contribution in [0, 0.1) is 17.2 Å². The van der Waals surface area contributed by atoms with Crippen LogP contribution in [0.2, 0.25) is 0 Å². The van der Waals surface area contributed by atoms with Gasteiger partial charge in [0.15, 0.2) is 0 Å². The highest BCUT2D eigenvalue weighted by atomic mass is 16.4. The van der Waals surface area contributed by atoms with Crippen LogP contribution in [0.15, 0.2) is 0 Å². The van der Waals surface area contributed by atoms with Gasteiger partial charge in [-0.05, 0) is 19.4 Å². The summed E-state index contributed by atoms with van der Waals surface area (Å²) >= 11 is 0. The molecule has 1 unspecified atom stereocenters. The number of nitriles is 1. The molecule has 0 aromatic carbocycles. The molecule has 0 aromatic rings. The van der Waals surface area contributed by atoms with Crippen molar-refractivity contribution in [2.75, 3.05) is 19.7 Å². The van der Waals surface area contributed by atoms with E-state index >= 15 is 0 Å². The molecule has 0 aliphatic carbocycles. The fourth-order valence-corrected chi connectivity index (χ4v) is 1.85. The van der Waals surface area contributed by atoms with E-state index in [2.05, 4.69) is 5.32 Å². The molecule has 0 amide bonds. The summed E-state index contributed by atoms with van der Waals surface area (Å²) in [6, 6.07) is 0.818. The normalized spacial score (nSPS) is 18.0. The van der Waals surface area contributed by atoms with E-state index in [1.807, 2.05) is 0 Å². The minimum absolute atomic E-state index is 0.0262. The van der Waals surface area contributed by atoms with Crippen molar-refractivity contribution in [3.05, 3.63) is 0 Å². The van der Waals surface area contributed by atoms with Crippen molar-refractivity contribution < 1.29 is 30.3 Å². The molecular weight excluding hydrogens is 294 g/mol. The van der Waals surface area contributed by atoms with Crippen LogP contribution < -0.4 is 11.1 Å². The second-order valence-corrected chi connectivity index (χ2v) is 5.11. The molecule has 0 spiro atoms. The lowest BCUT2D eigenvalue weighted by atomic mass is 9.93. The van der Waals surface area contributed by atoms with Gasteiger partial charge in [0.25, 0.3) is 0 Å². The molecule has 128 valence electrons. The Bertz CT molecular complexity index is 362. The highest BCUT2D eigenvalue weighted by Gasteiger charge is 2.31. The van der Waals surface area contributed by atoms with Gasteiger partial charge in [-0.2, -0.15) is 5.26 Å². The van der Waals surface area contributed by atoms with Gasteiger partial charge in [0.1, 0.15) is 24.2 Å². The zero-order chi connectivity index (χ0) is 17.1. The van der Waals surface area contributed by atoms with Crippen molar-refractivity contribution in [1.82, 2.24) is 5.32 Å². The van der Waals surface area contributed by atoms with E-state index in [4.69, 9.17) is 21.2 Å². The summed E-state index contributed by atoms with van der Waals surface area (Å²) < 4.78 is 0. The number of aliphatic carboxylic acids is 1. The van der Waals surface area contributed by atoms with E-state index in [9.17, 15) is 20.1 Å². The van der Waals surface area contributed by atoms with Crippen LogP contribution in [0.1, 0.15) is 19.3 Å². The molecule has 22 heavy (non-hydrogen) atoms. The summed E-state index contributed by atoms with van der Waals surface area (Å²) in [5.41, 5.74) is 5.34. The predicted octanol–water partition coefficient (Wildman–Crippen LogP) is -2.63. The first-order chi connectivity index (χ1) is 10.3. The third kappa shape index (κ3) is 7.65. The third-order valence-electron chi connectivity index (χ3n) is 3.30. The van der Waals surface area contributed by atoms with Gasteiger partial charge in [0, 0.05) is 6.54 Å². The average molecular weight is 319 g/mol. The summed E-state index contributed by atoms with van der Waals surface area (Å²) in [5.74, 6) is -2.27. The molecule has 0 rings (SSSR count). The third-order valence-corrected chi connectivity index (χ3v) is 3.30. The first-order valence-corrected chi connectivity index (χ1v) is 7.08. The SMILES string of the molecule is N#C[C@@H]([C@H](O)[C@H](O)CO)[C@@H](O)CNCCCCC(N)C(=O)O. The molecule has 0 bridgehead atoms. The number of nitrogens with one attached hydrogen (secondary N) is 1. The van der Waals surface area contributed by atoms with Gasteiger partial charge in [-0.25, -0.2) is 0 Å². The Labute approximate surface area is 129 Å². The molecule has 0 saturated heterocycles. The maximum absolute atomic E-state index is 10.5. The minimum Gasteiger partial charge on any atom is -0.480 e. The molecule has 5 atom stereocenters. The van der Waals surface area contributed by atoms with Crippen molar-refractivity contribution in [3.8, 4) is 6.07 Å². The standard InChI is InChI=1S/C13H25N3O6/c14-5-8(12(20)11(19)7-17)10(18)6-16-4-2-1-3-9(15)13(21)22/h8-12,16-20H,1-4,6-7,15H2,(H,21,22)/t8-,9?,10+,11-,12+/m1/s1. The Morgan fingerprint density at radius 2 is 1.86 bits per heavy atom. The molecule has 0 aromatic heterocycles. The summed E-state index contributed by atoms with van der Waals surface area (Å²) in [6.07, 6.45) is -2.64. The van der Waals surface area contributed by atoms with Gasteiger partial charge in [0.05, 0.1) is 18.8 Å². The number of aliphatic hydroxyl groups excluding tert-OH is 4. The first-order valence-electron chi connectivity index (χ1n) is 7.08. The number of unbranched alkanes of at least 4 members (excludes halogenated alkanes) is 1. The average Bonchev–Trinajstić information content (AvgIpc) is 2.49. The molecule has 0 fully saturated rings. The van der Waals surface area contributed by atoms with Crippen LogP contribution in [-0.2, 0) is 4.79 Å². The maximum atomic E-state index is 10.5. The minimum atomic E-state index is -1.54. The van der Waals surface area contributed by atoms with E-state index in [-0.39, 0.29) is 6.54 Å². The largest absolute Gasteiger partial charge is 0.480 e. The summed E-state index contributed by atoms with van der Waals surface area (Å²) in [5, 5.41) is 57.8. The molecule has 0 radical (unpaired) electrons. The number of carbonyl (C=O) groups is 1. The Kier molecular flexibility index (Phi) is 10.7. The Morgan fingerprint density at radius 1 is 1.23 bits per heavy atom. The van der Waals surface area contributed by atoms with Crippen LogP contribution in [0.25, 0.3) is 0 Å². The van der Waals surface area contributed by atoms with Crippen molar-refractivity contribution in [2.45, 2.75) is 43.6 Å². The van der Waals surface area contributed by atoms with Gasteiger partial charge < -0.3 is 36.6 Å². The second-order valence-electron chi connectivity index (χ2n) is 5.11. The van der Waals surface area contributed by atoms with Gasteiger partial charge in [0.2, 0.25) is 0 Å². The van der Waals surface area contributed by atoms with Crippen LogP contribution in [0.3, 0.4) is 0 Å². The zero-order valence-electron chi connectivity index (χ0n) is 12.3. The fraction of sp³-hybridized carbons (Fsp3) is 0.846. The summed E-state index contributed by atoms with van der Waals surface area (Å²) in [6.45, 7) is -0.193. The number of hydrogen-bond acceptors (Lipinski definition) is 8. The maximum Gasteiger partial charge on any atom is 0.320 e. The quantitative estimate of drug-likeness (QED) is 0.189. The monoisotopic (exact) mass is 319 g/mol. The number of aliphatic hydroxyl groups is 4. The lowest BCUT2D eigenvalue weighted by Crippen LogP contribution is -2.44. The predicted molar refractivity (Wildman–Crippen MR) is 76.5 cm³/mol. The molecule has 8 N–H and O–H groups in total. The topological polar surface area (TPSA) is 180 Å². The molecular formula is C13H25N3O6. The van der Waals surface area contributed by atoms with Crippen LogP contribution in [-0.4, -0.2) is 75.6 Å². The summed E-state index contributed by atoms with van der Waals surface area (Å²) in [4.78, 5) is 10.5. The van der Waals surface area contributed by atoms with Crippen LogP contribution in [0.5, 0.6) is 0 Å². The lowest BCUT2D eigenvalue weighted by molar-refractivity contribution is -0.138. The molecule has 0 heterocycles. The van der Waals surface area contributed by atoms with Crippen molar-refractivity contribution in [3.63, 3.8) is 0 Å². The van der Waals surface area contributed by atoms with E-state index in [1.54, 1.807) is 6.07 Å². The number of carboxylic acids is 1. The van der Waals surface area contributed by atoms with Gasteiger partial charge in [-0.1, -0.05) is 6.42 Å². The fourth-order valence-electron chi connectivity index (χ4n) is 1.85. The summed E-state index contributed by atoms with van der Waals surface area (Å²) in [7, 11) is 0. The van der Waals surface area contributed by atoms with Gasteiger partial charge >= 0.3 is 5.97 Å². The molecule has 9 heteroatoms. The van der Waals surface area contributed by atoms with Crippen molar-refractivity contribution >= 4 is 5.97 Å². The highest BCUT2D eigenvalue weighted by Crippen LogP contribution is 2.12. The first kappa shape index (κ1) is 20.7. The Balaban J connectivity index is 3.95. The number of nitrogens with zero attached hydrogens (tertiary/aromatic N) is 1. The van der Waals surface area contributed by atoms with Gasteiger partial charge in [-0.3, -0.25) is 4.79 Å². The van der Waals surface area contributed by atoms with E-state index in [0.717, 1.165) is 0 Å². The number of carboxylic acid groups (broad SMARTS) is 1. The van der Waals surface area contributed by atoms with E-state index in [0.29, 0.717) is 25.8 Å². The molecule has 0 aliphatic heterocycles. The molecule has 0 aliphatic rings. The second kappa shape index (κ2) is 11.3. The lowest BCUT2D eigenvalue weighted by Gasteiger charge is -2.24. The molecule has 9 nitrogen and oxygen atoms in total. The van der Waals surface area contributed by atoms with Crippen molar-refractivity contribution in [1.29, 1.82) is 5.26 Å². The molecule has 0 saturated carbocycles. The Morgan fingerprint density at radius 3 is 2.36 bits per heavy atom. The number of hydrogen-bond donors (Lipinski definition) is 7. The smallest absolute Gasteiger partial charge is 0.320 e. The van der Waals surface area contributed by atoms with E-state index in [1.165, 1.54) is 0 Å². The zero-order valence-corrected chi connectivity index (χ0v) is 12.3. The van der Waals surface area contributed by atoms with E-state index < -0.39 is 42.8 Å². The number of nitrogens with two attached hydrogens (primary N) is 1.